The Labute approximate surface area is 424 Å². The predicted molar refractivity (Wildman–Crippen MR) is 296 cm³/mol. The molecular formula is C62H117NO5. The molecule has 0 aromatic carbocycles. The number of unbranched alkanes of at least 4 members (excludes halogenated alkanes) is 41. The number of hydrogen-bond donors (Lipinski definition) is 3. The van der Waals surface area contributed by atoms with Crippen LogP contribution in [0, 0.1) is 0 Å². The summed E-state index contributed by atoms with van der Waals surface area (Å²) in [5.74, 6) is -0.0643. The standard InChI is InChI=1S/C62H117NO5/c1-3-5-7-9-11-13-14-15-16-26-30-33-36-40-44-48-52-56-62(67)68-57-53-49-45-41-37-34-31-28-25-23-21-19-17-18-20-22-24-27-29-32-35-39-43-47-51-55-61(66)63-59(58-64)60(65)54-50-46-42-38-12-10-8-6-4-2/h15-16,18,20,50,54,59-60,64-65H,3-14,17,19,21-49,51-53,55-58H2,1-2H3,(H,63,66)/b16-15-,20-18-,54-50+. The highest BCUT2D eigenvalue weighted by atomic mass is 16.5. The first-order valence-corrected chi connectivity index (χ1v) is 30.3. The molecule has 1 amide bonds. The summed E-state index contributed by atoms with van der Waals surface area (Å²) in [7, 11) is 0. The number of esters is 1. The van der Waals surface area contributed by atoms with Gasteiger partial charge in [-0.1, -0.05) is 262 Å². The summed E-state index contributed by atoms with van der Waals surface area (Å²) in [4.78, 5) is 24.5. The smallest absolute Gasteiger partial charge is 0.305 e. The second-order valence-corrected chi connectivity index (χ2v) is 20.7. The molecule has 0 aliphatic rings. The Bertz CT molecular complexity index is 1100. The molecule has 0 aromatic heterocycles. The number of amides is 1. The van der Waals surface area contributed by atoms with Gasteiger partial charge in [0.25, 0.3) is 0 Å². The van der Waals surface area contributed by atoms with Crippen LogP contribution in [0.25, 0.3) is 0 Å². The zero-order chi connectivity index (χ0) is 49.3. The minimum Gasteiger partial charge on any atom is -0.466 e. The largest absolute Gasteiger partial charge is 0.466 e. The lowest BCUT2D eigenvalue weighted by atomic mass is 10.0. The second kappa shape index (κ2) is 57.7. The molecule has 0 fully saturated rings. The fourth-order valence-corrected chi connectivity index (χ4v) is 9.21. The van der Waals surface area contributed by atoms with Crippen molar-refractivity contribution in [3.63, 3.8) is 0 Å². The van der Waals surface area contributed by atoms with Gasteiger partial charge >= 0.3 is 5.97 Å². The van der Waals surface area contributed by atoms with Gasteiger partial charge in [0, 0.05) is 12.8 Å². The summed E-state index contributed by atoms with van der Waals surface area (Å²) in [6, 6.07) is -0.628. The molecule has 0 heterocycles. The lowest BCUT2D eigenvalue weighted by molar-refractivity contribution is -0.143. The number of rotatable bonds is 56. The van der Waals surface area contributed by atoms with E-state index in [9.17, 15) is 19.8 Å². The second-order valence-electron chi connectivity index (χ2n) is 20.7. The van der Waals surface area contributed by atoms with Gasteiger partial charge in [0.2, 0.25) is 5.91 Å². The molecule has 0 spiro atoms. The van der Waals surface area contributed by atoms with Crippen LogP contribution in [0.1, 0.15) is 322 Å². The zero-order valence-corrected chi connectivity index (χ0v) is 45.6. The Morgan fingerprint density at radius 1 is 0.397 bits per heavy atom. The van der Waals surface area contributed by atoms with Crippen molar-refractivity contribution >= 4 is 11.9 Å². The molecule has 0 saturated carbocycles. The number of aliphatic hydroxyl groups excluding tert-OH is 2. The van der Waals surface area contributed by atoms with E-state index in [0.29, 0.717) is 19.4 Å². The van der Waals surface area contributed by atoms with Crippen molar-refractivity contribution in [2.75, 3.05) is 13.2 Å². The van der Waals surface area contributed by atoms with Crippen molar-refractivity contribution in [1.29, 1.82) is 0 Å². The van der Waals surface area contributed by atoms with E-state index in [0.717, 1.165) is 44.9 Å². The summed E-state index contributed by atoms with van der Waals surface area (Å²) in [5, 5.41) is 22.9. The van der Waals surface area contributed by atoms with E-state index in [1.807, 2.05) is 6.08 Å². The molecule has 0 saturated heterocycles. The number of aliphatic hydroxyl groups is 2. The fraction of sp³-hybridized carbons (Fsp3) is 0.871. The van der Waals surface area contributed by atoms with Crippen LogP contribution in [0.4, 0.5) is 0 Å². The molecule has 2 atom stereocenters. The van der Waals surface area contributed by atoms with E-state index >= 15 is 0 Å². The van der Waals surface area contributed by atoms with Gasteiger partial charge in [0.05, 0.1) is 25.4 Å². The Kier molecular flexibility index (Phi) is 56.0. The highest BCUT2D eigenvalue weighted by Gasteiger charge is 2.18. The lowest BCUT2D eigenvalue weighted by Crippen LogP contribution is -2.45. The van der Waals surface area contributed by atoms with Gasteiger partial charge in [0.15, 0.2) is 0 Å². The van der Waals surface area contributed by atoms with Gasteiger partial charge in [-0.15, -0.1) is 0 Å². The van der Waals surface area contributed by atoms with Crippen molar-refractivity contribution in [2.45, 2.75) is 334 Å². The van der Waals surface area contributed by atoms with Crippen LogP contribution in [-0.4, -0.2) is 47.4 Å². The van der Waals surface area contributed by atoms with E-state index in [1.165, 1.54) is 250 Å². The Balaban J connectivity index is 3.37. The minimum absolute atomic E-state index is 0.00941. The number of allylic oxidation sites excluding steroid dienone is 5. The van der Waals surface area contributed by atoms with Crippen molar-refractivity contribution in [3.8, 4) is 0 Å². The Morgan fingerprint density at radius 2 is 0.691 bits per heavy atom. The summed E-state index contributed by atoms with van der Waals surface area (Å²) < 4.78 is 5.49. The van der Waals surface area contributed by atoms with Crippen LogP contribution < -0.4 is 5.32 Å². The van der Waals surface area contributed by atoms with Crippen LogP contribution >= 0.6 is 0 Å². The molecule has 68 heavy (non-hydrogen) atoms. The summed E-state index contributed by atoms with van der Waals surface area (Å²) in [6.07, 6.45) is 71.9. The van der Waals surface area contributed by atoms with Gasteiger partial charge < -0.3 is 20.3 Å². The lowest BCUT2D eigenvalue weighted by Gasteiger charge is -2.20. The molecule has 0 aliphatic carbocycles. The highest BCUT2D eigenvalue weighted by molar-refractivity contribution is 5.76. The van der Waals surface area contributed by atoms with Crippen LogP contribution in [0.2, 0.25) is 0 Å². The molecule has 2 unspecified atom stereocenters. The van der Waals surface area contributed by atoms with Crippen LogP contribution in [0.15, 0.2) is 36.5 Å². The topological polar surface area (TPSA) is 95.9 Å². The van der Waals surface area contributed by atoms with Gasteiger partial charge in [-0.3, -0.25) is 9.59 Å². The third kappa shape index (κ3) is 53.4. The molecule has 0 bridgehead atoms. The molecule has 3 N–H and O–H groups in total. The average Bonchev–Trinajstić information content (AvgIpc) is 3.34. The molecule has 6 heteroatoms. The molecule has 400 valence electrons. The molecule has 0 aliphatic heterocycles. The number of nitrogens with one attached hydrogen (secondary N) is 1. The molecule has 0 aromatic rings. The van der Waals surface area contributed by atoms with Crippen molar-refractivity contribution < 1.29 is 24.5 Å². The first-order chi connectivity index (χ1) is 33.5. The number of carbonyl (C=O) groups is 2. The summed E-state index contributed by atoms with van der Waals surface area (Å²) >= 11 is 0. The van der Waals surface area contributed by atoms with Crippen molar-refractivity contribution in [3.05, 3.63) is 36.5 Å². The maximum absolute atomic E-state index is 12.4. The summed E-state index contributed by atoms with van der Waals surface area (Å²) in [6.45, 7) is 4.88. The highest BCUT2D eigenvalue weighted by Crippen LogP contribution is 2.16. The van der Waals surface area contributed by atoms with E-state index in [1.54, 1.807) is 6.08 Å². The zero-order valence-electron chi connectivity index (χ0n) is 45.6. The molecule has 0 radical (unpaired) electrons. The third-order valence-corrected chi connectivity index (χ3v) is 13.9. The van der Waals surface area contributed by atoms with Crippen LogP contribution in [0.3, 0.4) is 0 Å². The number of carbonyl (C=O) groups excluding carboxylic acids is 2. The van der Waals surface area contributed by atoms with E-state index in [-0.39, 0.29) is 18.5 Å². The SMILES string of the molecule is CCCCCCCC/C=C\CCCCCCCCCC(=O)OCCCCCCCCCCCCCC/C=C\CCCCCCCCCCCC(=O)NC(CO)C(O)/C=C/CCCCCCCCC. The van der Waals surface area contributed by atoms with Gasteiger partial charge in [-0.05, 0) is 83.5 Å². The predicted octanol–water partition coefficient (Wildman–Crippen LogP) is 18.8. The molecule has 0 rings (SSSR count). The normalized spacial score (nSPS) is 12.8. The van der Waals surface area contributed by atoms with Crippen LogP contribution in [-0.2, 0) is 14.3 Å². The Hall–Kier alpha value is -1.92. The average molecular weight is 957 g/mol. The maximum Gasteiger partial charge on any atom is 0.305 e. The molecule has 6 nitrogen and oxygen atoms in total. The first-order valence-electron chi connectivity index (χ1n) is 30.3. The Morgan fingerprint density at radius 3 is 1.04 bits per heavy atom. The quantitative estimate of drug-likeness (QED) is 0.0321. The van der Waals surface area contributed by atoms with Crippen molar-refractivity contribution in [2.24, 2.45) is 0 Å². The van der Waals surface area contributed by atoms with E-state index in [2.05, 4.69) is 43.5 Å². The summed E-state index contributed by atoms with van der Waals surface area (Å²) in [5.41, 5.74) is 0. The van der Waals surface area contributed by atoms with E-state index < -0.39 is 12.1 Å². The first kappa shape index (κ1) is 66.1. The van der Waals surface area contributed by atoms with Crippen molar-refractivity contribution in [1.82, 2.24) is 5.32 Å². The van der Waals surface area contributed by atoms with Gasteiger partial charge in [-0.25, -0.2) is 0 Å². The monoisotopic (exact) mass is 956 g/mol. The van der Waals surface area contributed by atoms with Gasteiger partial charge in [0.1, 0.15) is 0 Å². The van der Waals surface area contributed by atoms with E-state index in [4.69, 9.17) is 4.74 Å². The minimum atomic E-state index is -0.844. The maximum atomic E-state index is 12.4. The number of hydrogen-bond acceptors (Lipinski definition) is 5. The van der Waals surface area contributed by atoms with Gasteiger partial charge in [-0.2, -0.15) is 0 Å². The number of ether oxygens (including phenoxy) is 1. The fourth-order valence-electron chi connectivity index (χ4n) is 9.21. The van der Waals surface area contributed by atoms with Crippen LogP contribution in [0.5, 0.6) is 0 Å². The molecular weight excluding hydrogens is 839 g/mol. The third-order valence-electron chi connectivity index (χ3n) is 13.9.